The van der Waals surface area contributed by atoms with Gasteiger partial charge in [0.05, 0.1) is 34.2 Å². The van der Waals surface area contributed by atoms with Crippen molar-refractivity contribution in [3.05, 3.63) is 301 Å². The van der Waals surface area contributed by atoms with E-state index >= 15 is 0 Å². The number of fused-ring (bicyclic) bond motifs is 2. The predicted octanol–water partition coefficient (Wildman–Crippen LogP) is 31.9. The Balaban J connectivity index is -0.000000732. The van der Waals surface area contributed by atoms with Gasteiger partial charge in [-0.2, -0.15) is 34.8 Å². The Morgan fingerprint density at radius 2 is 0.756 bits per heavy atom. The fourth-order valence-electron chi connectivity index (χ4n) is 11.5. The fourth-order valence-corrected chi connectivity index (χ4v) is 15.0. The molecule has 3 unspecified atom stereocenters. The molecular weight excluding hydrogens is 1730 g/mol. The van der Waals surface area contributed by atoms with Gasteiger partial charge >= 0.3 is 44.5 Å². The van der Waals surface area contributed by atoms with Gasteiger partial charge in [-0.25, -0.2) is 8.42 Å². The number of carbonyl (C=O) groups excluding carboxylic acids is 3. The lowest BCUT2D eigenvalue weighted by atomic mass is 9.87. The Bertz CT molecular complexity index is 5140. The van der Waals surface area contributed by atoms with E-state index in [4.69, 9.17) is 18.9 Å². The predicted molar refractivity (Wildman–Crippen MR) is 534 cm³/mol. The smallest absolute Gasteiger partial charge is 0.450 e. The summed E-state index contributed by atoms with van der Waals surface area (Å²) in [5, 5.41) is -2.00. The van der Waals surface area contributed by atoms with Crippen molar-refractivity contribution in [2.24, 2.45) is 16.2 Å². The van der Waals surface area contributed by atoms with Crippen LogP contribution in [0.1, 0.15) is 249 Å². The number of esters is 3. The molecule has 23 heteroatoms. The number of rotatable bonds is 25. The molecule has 0 heterocycles. The topological polar surface area (TPSA) is 209 Å². The molecule has 0 aromatic heterocycles. The van der Waals surface area contributed by atoms with E-state index in [1.807, 2.05) is 172 Å². The average Bonchev–Trinajstić information content (AvgIpc) is 0.721. The van der Waals surface area contributed by atoms with Crippen molar-refractivity contribution in [1.29, 1.82) is 0 Å². The monoisotopic (exact) mass is 1880 g/mol. The lowest BCUT2D eigenvalue weighted by Crippen LogP contribution is -2.61. The molecule has 0 amide bonds. The summed E-state index contributed by atoms with van der Waals surface area (Å²) in [6.45, 7) is 25.5. The molecule has 0 bridgehead atoms. The fraction of sp³-hybridized carbons (Fsp3) is 0.380. The third-order valence-corrected chi connectivity index (χ3v) is 25.5. The molecule has 11 aromatic carbocycles. The van der Waals surface area contributed by atoms with Gasteiger partial charge < -0.3 is 32.8 Å². The van der Waals surface area contributed by atoms with E-state index < -0.39 is 58.7 Å². The summed E-state index contributed by atoms with van der Waals surface area (Å²) < 4.78 is 159. The molecule has 0 saturated heterocycles. The van der Waals surface area contributed by atoms with Crippen LogP contribution in [0.15, 0.2) is 294 Å². The summed E-state index contributed by atoms with van der Waals surface area (Å²) in [6, 6.07) is 89.7. The molecule has 131 heavy (non-hydrogen) atoms. The molecule has 724 valence electrons. The number of benzene rings is 11. The van der Waals surface area contributed by atoms with Crippen molar-refractivity contribution < 1.29 is 90.4 Å². The van der Waals surface area contributed by atoms with Gasteiger partial charge in [0.2, 0.25) is 0 Å². The standard InChI is InChI=1S/2C18H20O2.C18H15S.C17H24O3.C14H16O.C13H14F6O6S2.10CH4/c2*1-4-18(2,3)17(19)20-16-12-10-15(11-13-16)14-8-6-5-7-9-14;1-4-10-16(11-5-1)19(17-12-6-2-7-13-17)18-14-8-3-9-15-18;1-5-17(2,3)16(18)20-15-8-6-7-12-11-13(19-4)9-10-14(12)15;1-3-10(2)11-4-5-13-9-14(15)7-6-12(13)8-11;1-3-8(2)9-4-6-10(7-5-9)25-27(23,24)13(18,19)11(14,15)12(16,17)26(20,21)22;;;;;;;;;;/h2*5-13H,4H2,1-3H3;1-15H;9-11,15H,5-8H2,1-4H3;4-10,15H,3H2,1-2H3;4-8H,3H2,1-2H3,(H,20,21,22);10*1H4/q;;+1;;;;;;;;;;;;;/p-1. The first-order valence-electron chi connectivity index (χ1n) is 40.0. The number of methoxy groups -OCH3 is 1. The molecule has 0 aliphatic heterocycles. The van der Waals surface area contributed by atoms with Gasteiger partial charge in [-0.15, -0.1) is 0 Å². The Labute approximate surface area is 785 Å². The van der Waals surface area contributed by atoms with Crippen molar-refractivity contribution >= 4 is 59.8 Å². The van der Waals surface area contributed by atoms with Crippen LogP contribution in [0.5, 0.6) is 28.7 Å². The summed E-state index contributed by atoms with van der Waals surface area (Å²) in [7, 11) is -12.5. The second-order valence-corrected chi connectivity index (χ2v) is 36.0. The van der Waals surface area contributed by atoms with E-state index in [2.05, 4.69) is 158 Å². The summed E-state index contributed by atoms with van der Waals surface area (Å²) in [5.74, 6) is -5.53. The molecule has 1 N–H and O–H groups in total. The Kier molecular flexibility index (Phi) is 55.0. The maximum Gasteiger partial charge on any atom is 0.450 e. The number of aryl methyl sites for hydroxylation is 1. The molecule has 0 fully saturated rings. The first kappa shape index (κ1) is 127. The van der Waals surface area contributed by atoms with E-state index in [9.17, 15) is 67.2 Å². The van der Waals surface area contributed by atoms with Gasteiger partial charge in [-0.3, -0.25) is 14.4 Å². The van der Waals surface area contributed by atoms with Crippen molar-refractivity contribution in [3.8, 4) is 51.0 Å². The minimum absolute atomic E-state index is 0. The van der Waals surface area contributed by atoms with Gasteiger partial charge in [-0.05, 0) is 257 Å². The van der Waals surface area contributed by atoms with Gasteiger partial charge in [0.15, 0.2) is 24.8 Å². The zero-order valence-electron chi connectivity index (χ0n) is 70.7. The summed E-state index contributed by atoms with van der Waals surface area (Å²) in [4.78, 5) is 40.3. The summed E-state index contributed by atoms with van der Waals surface area (Å²) in [6.07, 6.45) is 6.98. The largest absolute Gasteiger partial charge is 0.743 e. The van der Waals surface area contributed by atoms with E-state index in [1.165, 1.54) is 43.3 Å². The summed E-state index contributed by atoms with van der Waals surface area (Å²) >= 11 is 0. The third-order valence-electron chi connectivity index (χ3n) is 21.1. The van der Waals surface area contributed by atoms with E-state index in [0.29, 0.717) is 35.2 Å². The Hall–Kier alpha value is -10.7. The molecule has 0 spiro atoms. The number of ether oxygens (including phenoxy) is 4. The van der Waals surface area contributed by atoms with Crippen LogP contribution in [-0.4, -0.2) is 67.9 Å². The van der Waals surface area contributed by atoms with Crippen LogP contribution in [-0.2, 0) is 56.7 Å². The lowest BCUT2D eigenvalue weighted by Gasteiger charge is -2.32. The highest BCUT2D eigenvalue weighted by atomic mass is 32.2. The number of phenolic OH excluding ortho intramolecular Hbond substituents is 1. The molecule has 3 atom stereocenters. The number of hydrogen-bond donors (Lipinski definition) is 1. The molecule has 0 saturated carbocycles. The lowest BCUT2D eigenvalue weighted by molar-refractivity contribution is -0.247. The number of carbonyl (C=O) groups is 3. The average molecular weight is 1880 g/mol. The van der Waals surface area contributed by atoms with Crippen LogP contribution in [0.4, 0.5) is 26.3 Å². The number of phenols is 1. The maximum absolute atomic E-state index is 13.6. The van der Waals surface area contributed by atoms with Crippen molar-refractivity contribution in [3.63, 3.8) is 0 Å². The maximum atomic E-state index is 13.6. The zero-order chi connectivity index (χ0) is 89.2. The molecular formula is C108H148F6O14S3. The number of halogens is 6. The van der Waals surface area contributed by atoms with Gasteiger partial charge in [-0.1, -0.05) is 305 Å². The van der Waals surface area contributed by atoms with Crippen LogP contribution in [0.25, 0.3) is 33.0 Å². The number of aromatic hydroxyl groups is 1. The highest BCUT2D eigenvalue weighted by Crippen LogP contribution is 2.51. The van der Waals surface area contributed by atoms with Crippen LogP contribution < -0.4 is 18.4 Å². The molecule has 11 aromatic rings. The summed E-state index contributed by atoms with van der Waals surface area (Å²) in [5.41, 5.74) is 7.58. The second-order valence-electron chi connectivity index (χ2n) is 30.9. The van der Waals surface area contributed by atoms with Gasteiger partial charge in [0.25, 0.3) is 0 Å². The zero-order valence-corrected chi connectivity index (χ0v) is 73.1. The van der Waals surface area contributed by atoms with E-state index in [1.54, 1.807) is 26.2 Å². The van der Waals surface area contributed by atoms with Crippen molar-refractivity contribution in [1.82, 2.24) is 0 Å². The van der Waals surface area contributed by atoms with Crippen LogP contribution >= 0.6 is 0 Å². The SMILES string of the molecule is C.C.C.C.C.C.C.C.C.C.CCC(C)(C)C(=O)OC1CCCc2cc(OC)ccc21.CCC(C)(C)C(=O)Oc1ccc(-c2ccccc2)cc1.CCC(C)(C)C(=O)Oc1ccc(-c2ccccc2)cc1.CCC(C)c1ccc(OS(=O)(=O)C(F)(F)C(F)(F)C(F)(F)S(=O)(=O)[O-])cc1.CCC(C)c1ccc2cc(O)ccc2c1.c1ccc([S+](c2ccccc2)c2ccccc2)cc1. The van der Waals surface area contributed by atoms with E-state index in [0.717, 1.165) is 96.0 Å². The van der Waals surface area contributed by atoms with E-state index in [-0.39, 0.29) is 115 Å². The Morgan fingerprint density at radius 1 is 0.420 bits per heavy atom. The highest BCUT2D eigenvalue weighted by molar-refractivity contribution is 7.97. The van der Waals surface area contributed by atoms with Crippen LogP contribution in [0, 0.1) is 16.2 Å². The van der Waals surface area contributed by atoms with Crippen molar-refractivity contribution in [2.75, 3.05) is 7.11 Å². The minimum Gasteiger partial charge on any atom is -0.743 e. The third kappa shape index (κ3) is 34.4. The minimum atomic E-state index is -7.33. The van der Waals surface area contributed by atoms with Gasteiger partial charge in [0.1, 0.15) is 34.9 Å². The molecule has 1 aliphatic rings. The van der Waals surface area contributed by atoms with Crippen LogP contribution in [0.2, 0.25) is 0 Å². The molecule has 1 aliphatic carbocycles. The van der Waals surface area contributed by atoms with Crippen LogP contribution in [0.3, 0.4) is 0 Å². The van der Waals surface area contributed by atoms with Crippen molar-refractivity contribution in [2.45, 2.75) is 265 Å². The van der Waals surface area contributed by atoms with Gasteiger partial charge in [0, 0.05) is 0 Å². The Morgan fingerprint density at radius 3 is 1.13 bits per heavy atom. The second kappa shape index (κ2) is 56.9. The molecule has 0 radical (unpaired) electrons. The first-order valence-corrected chi connectivity index (χ1v) is 44.0. The highest BCUT2D eigenvalue weighted by Gasteiger charge is 2.81. The molecule has 14 nitrogen and oxygen atoms in total. The molecule has 12 rings (SSSR count). The quantitative estimate of drug-likeness (QED) is 0.0141. The normalized spacial score (nSPS) is 12.4. The number of alkyl halides is 6. The number of hydrogen-bond acceptors (Lipinski definition) is 14. The first-order chi connectivity index (χ1) is 57.1.